The highest BCUT2D eigenvalue weighted by Gasteiger charge is 2.39. The molecule has 1 aromatic carbocycles. The minimum absolute atomic E-state index is 0.212. The van der Waals surface area contributed by atoms with E-state index in [-0.39, 0.29) is 11.8 Å². The third-order valence-corrected chi connectivity index (χ3v) is 4.45. The second kappa shape index (κ2) is 7.35. The largest absolute Gasteiger partial charge is 0.496 e. The zero-order valence-corrected chi connectivity index (χ0v) is 14.4. The van der Waals surface area contributed by atoms with Gasteiger partial charge in [0.05, 0.1) is 18.7 Å². The van der Waals surface area contributed by atoms with Crippen LogP contribution in [0.4, 0.5) is 5.69 Å². The van der Waals surface area contributed by atoms with Crippen LogP contribution in [-0.2, 0) is 4.79 Å². The van der Waals surface area contributed by atoms with Crippen molar-refractivity contribution in [2.75, 3.05) is 26.5 Å². The normalized spacial score (nSPS) is 15.9. The lowest BCUT2D eigenvalue weighted by Gasteiger charge is -2.29. The molecule has 0 aromatic heterocycles. The number of carbonyl (C=O) groups is 2. The van der Waals surface area contributed by atoms with Crippen LogP contribution in [0.5, 0.6) is 5.75 Å². The van der Waals surface area contributed by atoms with Crippen LogP contribution in [0.3, 0.4) is 0 Å². The molecule has 1 N–H and O–H groups in total. The highest BCUT2D eigenvalue weighted by molar-refractivity contribution is 6.01. The fourth-order valence-corrected chi connectivity index (χ4v) is 2.99. The van der Waals surface area contributed by atoms with Crippen molar-refractivity contribution < 1.29 is 14.3 Å². The molecule has 1 fully saturated rings. The van der Waals surface area contributed by atoms with Gasteiger partial charge in [0.2, 0.25) is 5.91 Å². The van der Waals surface area contributed by atoms with Crippen LogP contribution in [0.2, 0.25) is 0 Å². The molecule has 0 aliphatic heterocycles. The summed E-state index contributed by atoms with van der Waals surface area (Å²) in [5.41, 5.74) is -0.106. The van der Waals surface area contributed by atoms with Gasteiger partial charge in [0.1, 0.15) is 11.2 Å². The molecule has 1 saturated carbocycles. The lowest BCUT2D eigenvalue weighted by molar-refractivity contribution is -0.124. The first kappa shape index (κ1) is 17.8. The monoisotopic (exact) mass is 329 g/mol. The second-order valence-corrected chi connectivity index (χ2v) is 6.32. The van der Waals surface area contributed by atoms with Gasteiger partial charge in [0, 0.05) is 19.8 Å². The lowest BCUT2D eigenvalue weighted by Crippen LogP contribution is -2.36. The molecule has 6 nitrogen and oxygen atoms in total. The van der Waals surface area contributed by atoms with E-state index in [1.807, 2.05) is 0 Å². The van der Waals surface area contributed by atoms with Gasteiger partial charge in [-0.05, 0) is 31.0 Å². The average molecular weight is 329 g/mol. The summed E-state index contributed by atoms with van der Waals surface area (Å²) in [5.74, 6) is -0.0620. The summed E-state index contributed by atoms with van der Waals surface area (Å²) in [4.78, 5) is 26.3. The van der Waals surface area contributed by atoms with E-state index in [0.717, 1.165) is 19.3 Å². The number of ether oxygens (including phenoxy) is 1. The number of nitrogens with zero attached hydrogens (tertiary/aromatic N) is 2. The molecule has 1 aromatic rings. The average Bonchev–Trinajstić information content (AvgIpc) is 2.61. The van der Waals surface area contributed by atoms with Gasteiger partial charge in [-0.2, -0.15) is 5.26 Å². The molecule has 0 bridgehead atoms. The summed E-state index contributed by atoms with van der Waals surface area (Å²) in [6.45, 7) is 0. The quantitative estimate of drug-likeness (QED) is 0.921. The molecular formula is C18H23N3O3. The minimum atomic E-state index is -0.968. The molecule has 0 unspecified atom stereocenters. The first-order chi connectivity index (χ1) is 11.4. The molecule has 1 aliphatic rings. The van der Waals surface area contributed by atoms with E-state index in [0.29, 0.717) is 29.8 Å². The third kappa shape index (κ3) is 3.51. The minimum Gasteiger partial charge on any atom is -0.496 e. The summed E-state index contributed by atoms with van der Waals surface area (Å²) in [6.07, 6.45) is 3.98. The fourth-order valence-electron chi connectivity index (χ4n) is 2.99. The van der Waals surface area contributed by atoms with Gasteiger partial charge >= 0.3 is 0 Å². The topological polar surface area (TPSA) is 82.4 Å². The molecule has 0 saturated heterocycles. The Morgan fingerprint density at radius 3 is 2.46 bits per heavy atom. The van der Waals surface area contributed by atoms with Crippen LogP contribution in [0, 0.1) is 16.7 Å². The second-order valence-electron chi connectivity index (χ2n) is 6.32. The van der Waals surface area contributed by atoms with Crippen molar-refractivity contribution in [2.45, 2.75) is 32.1 Å². The van der Waals surface area contributed by atoms with E-state index in [9.17, 15) is 14.9 Å². The van der Waals surface area contributed by atoms with Gasteiger partial charge in [0.25, 0.3) is 5.91 Å². The SMILES string of the molecule is COc1ccc(NC(=O)C2(C#N)CCCCC2)cc1C(=O)N(C)C. The molecule has 0 atom stereocenters. The Bertz CT molecular complexity index is 671. The smallest absolute Gasteiger partial charge is 0.257 e. The first-order valence-corrected chi connectivity index (χ1v) is 8.06. The highest BCUT2D eigenvalue weighted by Crippen LogP contribution is 2.37. The van der Waals surface area contributed by atoms with Gasteiger partial charge in [-0.3, -0.25) is 9.59 Å². The Morgan fingerprint density at radius 2 is 1.92 bits per heavy atom. The van der Waals surface area contributed by atoms with E-state index in [2.05, 4.69) is 11.4 Å². The summed E-state index contributed by atoms with van der Waals surface area (Å²) in [5, 5.41) is 12.3. The van der Waals surface area contributed by atoms with Gasteiger partial charge in [-0.25, -0.2) is 0 Å². The Balaban J connectivity index is 2.26. The standard InChI is InChI=1S/C18H23N3O3/c1-21(2)16(22)14-11-13(7-8-15(14)24-3)20-17(23)18(12-19)9-5-4-6-10-18/h7-8,11H,4-6,9-10H2,1-3H3,(H,20,23). The summed E-state index contributed by atoms with van der Waals surface area (Å²) in [7, 11) is 4.80. The predicted molar refractivity (Wildman–Crippen MR) is 90.8 cm³/mol. The van der Waals surface area contributed by atoms with Gasteiger partial charge in [-0.15, -0.1) is 0 Å². The maximum atomic E-state index is 12.6. The van der Waals surface area contributed by atoms with Gasteiger partial charge < -0.3 is 15.0 Å². The van der Waals surface area contributed by atoms with Crippen LogP contribution in [0.15, 0.2) is 18.2 Å². The number of methoxy groups -OCH3 is 1. The molecule has 0 spiro atoms. The van der Waals surface area contributed by atoms with E-state index in [4.69, 9.17) is 4.74 Å². The molecule has 2 amide bonds. The number of hydrogen-bond donors (Lipinski definition) is 1. The maximum Gasteiger partial charge on any atom is 0.257 e. The van der Waals surface area contributed by atoms with Crippen molar-refractivity contribution in [3.05, 3.63) is 23.8 Å². The number of benzene rings is 1. The van der Waals surface area contributed by atoms with Crippen molar-refractivity contribution in [3.8, 4) is 11.8 Å². The van der Waals surface area contributed by atoms with Crippen molar-refractivity contribution in [1.29, 1.82) is 5.26 Å². The Labute approximate surface area is 142 Å². The zero-order valence-electron chi connectivity index (χ0n) is 14.4. The predicted octanol–water partition coefficient (Wildman–Crippen LogP) is 2.81. The molecular weight excluding hydrogens is 306 g/mol. The number of amides is 2. The Kier molecular flexibility index (Phi) is 5.45. The number of rotatable bonds is 4. The van der Waals surface area contributed by atoms with Crippen LogP contribution >= 0.6 is 0 Å². The summed E-state index contributed by atoms with van der Waals surface area (Å²) >= 11 is 0. The summed E-state index contributed by atoms with van der Waals surface area (Å²) in [6, 6.07) is 7.12. The van der Waals surface area contributed by atoms with Crippen LogP contribution in [0.25, 0.3) is 0 Å². The van der Waals surface area contributed by atoms with Crippen LogP contribution in [-0.4, -0.2) is 37.9 Å². The first-order valence-electron chi connectivity index (χ1n) is 8.06. The highest BCUT2D eigenvalue weighted by atomic mass is 16.5. The van der Waals surface area contributed by atoms with E-state index in [1.54, 1.807) is 32.3 Å². The van der Waals surface area contributed by atoms with E-state index in [1.165, 1.54) is 12.0 Å². The molecule has 128 valence electrons. The maximum absolute atomic E-state index is 12.6. The van der Waals surface area contributed by atoms with E-state index >= 15 is 0 Å². The molecule has 0 heterocycles. The Morgan fingerprint density at radius 1 is 1.25 bits per heavy atom. The molecule has 24 heavy (non-hydrogen) atoms. The number of nitrogens with one attached hydrogen (secondary N) is 1. The summed E-state index contributed by atoms with van der Waals surface area (Å²) < 4.78 is 5.22. The molecule has 0 radical (unpaired) electrons. The van der Waals surface area contributed by atoms with Crippen molar-refractivity contribution in [2.24, 2.45) is 5.41 Å². The van der Waals surface area contributed by atoms with Crippen molar-refractivity contribution in [1.82, 2.24) is 4.90 Å². The zero-order chi connectivity index (χ0) is 17.7. The lowest BCUT2D eigenvalue weighted by atomic mass is 9.74. The Hall–Kier alpha value is -2.55. The van der Waals surface area contributed by atoms with E-state index < -0.39 is 5.41 Å². The van der Waals surface area contributed by atoms with Crippen molar-refractivity contribution in [3.63, 3.8) is 0 Å². The fraction of sp³-hybridized carbons (Fsp3) is 0.500. The number of hydrogen-bond acceptors (Lipinski definition) is 4. The van der Waals surface area contributed by atoms with Crippen molar-refractivity contribution >= 4 is 17.5 Å². The number of anilines is 1. The third-order valence-electron chi connectivity index (χ3n) is 4.45. The van der Waals surface area contributed by atoms with Gasteiger partial charge in [-0.1, -0.05) is 19.3 Å². The molecule has 1 aliphatic carbocycles. The number of carbonyl (C=O) groups excluding carboxylic acids is 2. The molecule has 2 rings (SSSR count). The van der Waals surface area contributed by atoms with Crippen LogP contribution < -0.4 is 10.1 Å². The van der Waals surface area contributed by atoms with Crippen LogP contribution in [0.1, 0.15) is 42.5 Å². The van der Waals surface area contributed by atoms with Gasteiger partial charge in [0.15, 0.2) is 0 Å². The molecule has 6 heteroatoms. The number of nitriles is 1.